The summed E-state index contributed by atoms with van der Waals surface area (Å²) >= 11 is 0. The molecule has 0 heterocycles. The third-order valence-corrected chi connectivity index (χ3v) is 2.90. The molecule has 0 aromatic heterocycles. The van der Waals surface area contributed by atoms with Gasteiger partial charge in [-0.3, -0.25) is 4.79 Å². The van der Waals surface area contributed by atoms with Gasteiger partial charge in [0.05, 0.1) is 6.61 Å². The van der Waals surface area contributed by atoms with E-state index in [1.807, 2.05) is 0 Å². The molecule has 0 atom stereocenters. The largest absolute Gasteiger partial charge is 0.381 e. The van der Waals surface area contributed by atoms with E-state index in [1.54, 1.807) is 7.05 Å². The van der Waals surface area contributed by atoms with E-state index in [4.69, 9.17) is 4.74 Å². The lowest BCUT2D eigenvalue weighted by atomic mass is 10.1. The number of carbonyl (C=O) groups is 1. The molecule has 0 aliphatic heterocycles. The van der Waals surface area contributed by atoms with Crippen molar-refractivity contribution >= 4 is 5.91 Å². The fraction of sp³-hybridized carbons (Fsp3) is 0.909. The Morgan fingerprint density at radius 2 is 2.07 bits per heavy atom. The zero-order valence-electron chi connectivity index (χ0n) is 9.05. The molecule has 0 unspecified atom stereocenters. The molecule has 1 saturated carbocycles. The van der Waals surface area contributed by atoms with Crippen LogP contribution >= 0.6 is 0 Å². The minimum atomic E-state index is 0.0610. The predicted octanol–water partition coefficient (Wildman–Crippen LogP) is 1.72. The molecule has 1 fully saturated rings. The normalized spacial score (nSPS) is 17.2. The van der Waals surface area contributed by atoms with Crippen LogP contribution in [0, 0.1) is 5.92 Å². The summed E-state index contributed by atoms with van der Waals surface area (Å²) in [5.74, 6) is 0.945. The van der Waals surface area contributed by atoms with Gasteiger partial charge in [-0.1, -0.05) is 25.7 Å². The fourth-order valence-corrected chi connectivity index (χ4v) is 1.94. The van der Waals surface area contributed by atoms with Crippen molar-refractivity contribution in [2.75, 3.05) is 20.3 Å². The van der Waals surface area contributed by atoms with Crippen LogP contribution in [0.2, 0.25) is 0 Å². The lowest BCUT2D eigenvalue weighted by molar-refractivity contribution is -0.121. The Morgan fingerprint density at radius 1 is 1.36 bits per heavy atom. The van der Waals surface area contributed by atoms with Crippen LogP contribution in [0.5, 0.6) is 0 Å². The summed E-state index contributed by atoms with van der Waals surface area (Å²) in [7, 11) is 1.65. The maximum Gasteiger partial charge on any atom is 0.222 e. The van der Waals surface area contributed by atoms with Crippen molar-refractivity contribution in [2.45, 2.75) is 38.5 Å². The average molecular weight is 199 g/mol. The molecule has 3 nitrogen and oxygen atoms in total. The van der Waals surface area contributed by atoms with Gasteiger partial charge in [0.25, 0.3) is 0 Å². The molecule has 14 heavy (non-hydrogen) atoms. The first-order valence-electron chi connectivity index (χ1n) is 5.61. The lowest BCUT2D eigenvalue weighted by Gasteiger charge is -2.08. The summed E-state index contributed by atoms with van der Waals surface area (Å²) in [4.78, 5) is 10.8. The summed E-state index contributed by atoms with van der Waals surface area (Å²) in [6.07, 6.45) is 7.19. The molecular formula is C11H21NO2. The first-order chi connectivity index (χ1) is 6.83. The molecule has 1 N–H and O–H groups in total. The standard InChI is InChI=1S/C11H21NO2/c1-12-11(13)7-9-14-8-6-10-4-2-3-5-10/h10H,2-9H2,1H3,(H,12,13). The highest BCUT2D eigenvalue weighted by Crippen LogP contribution is 2.27. The molecule has 1 rings (SSSR count). The van der Waals surface area contributed by atoms with Crippen LogP contribution in [0.4, 0.5) is 0 Å². The summed E-state index contributed by atoms with van der Waals surface area (Å²) in [6.45, 7) is 1.38. The second-order valence-corrected chi connectivity index (χ2v) is 3.97. The van der Waals surface area contributed by atoms with E-state index in [1.165, 1.54) is 32.1 Å². The van der Waals surface area contributed by atoms with Gasteiger partial charge in [0.1, 0.15) is 0 Å². The zero-order chi connectivity index (χ0) is 10.2. The maximum atomic E-state index is 10.8. The summed E-state index contributed by atoms with van der Waals surface area (Å²) in [5, 5.41) is 2.58. The van der Waals surface area contributed by atoms with Gasteiger partial charge < -0.3 is 10.1 Å². The molecule has 1 amide bonds. The van der Waals surface area contributed by atoms with E-state index in [9.17, 15) is 4.79 Å². The topological polar surface area (TPSA) is 38.3 Å². The van der Waals surface area contributed by atoms with Crippen molar-refractivity contribution in [1.82, 2.24) is 5.32 Å². The van der Waals surface area contributed by atoms with Crippen LogP contribution in [0.15, 0.2) is 0 Å². The van der Waals surface area contributed by atoms with Crippen LogP contribution in [-0.2, 0) is 9.53 Å². The van der Waals surface area contributed by atoms with E-state index in [0.29, 0.717) is 13.0 Å². The summed E-state index contributed by atoms with van der Waals surface area (Å²) in [5.41, 5.74) is 0. The van der Waals surface area contributed by atoms with Gasteiger partial charge in [-0.05, 0) is 12.3 Å². The van der Waals surface area contributed by atoms with Crippen molar-refractivity contribution < 1.29 is 9.53 Å². The Kier molecular flexibility index (Phi) is 5.60. The van der Waals surface area contributed by atoms with Crippen LogP contribution in [-0.4, -0.2) is 26.2 Å². The van der Waals surface area contributed by atoms with Crippen molar-refractivity contribution in [3.8, 4) is 0 Å². The molecule has 0 radical (unpaired) electrons. The Bertz CT molecular complexity index is 165. The smallest absolute Gasteiger partial charge is 0.222 e. The number of carbonyl (C=O) groups excluding carboxylic acids is 1. The minimum absolute atomic E-state index is 0.0610. The first kappa shape index (κ1) is 11.5. The zero-order valence-corrected chi connectivity index (χ0v) is 9.05. The molecule has 0 aromatic carbocycles. The Morgan fingerprint density at radius 3 is 2.71 bits per heavy atom. The van der Waals surface area contributed by atoms with Gasteiger partial charge in [-0.25, -0.2) is 0 Å². The monoisotopic (exact) mass is 199 g/mol. The highest BCUT2D eigenvalue weighted by molar-refractivity contribution is 5.75. The third-order valence-electron chi connectivity index (χ3n) is 2.90. The number of nitrogens with one attached hydrogen (secondary N) is 1. The van der Waals surface area contributed by atoms with E-state index in [2.05, 4.69) is 5.32 Å². The number of ether oxygens (including phenoxy) is 1. The van der Waals surface area contributed by atoms with E-state index < -0.39 is 0 Å². The number of hydrogen-bond donors (Lipinski definition) is 1. The second-order valence-electron chi connectivity index (χ2n) is 3.97. The molecular weight excluding hydrogens is 178 g/mol. The quantitative estimate of drug-likeness (QED) is 0.661. The van der Waals surface area contributed by atoms with E-state index >= 15 is 0 Å². The van der Waals surface area contributed by atoms with Crippen LogP contribution in [0.1, 0.15) is 38.5 Å². The van der Waals surface area contributed by atoms with Gasteiger partial charge in [0, 0.05) is 20.1 Å². The minimum Gasteiger partial charge on any atom is -0.381 e. The number of rotatable bonds is 6. The van der Waals surface area contributed by atoms with E-state index in [-0.39, 0.29) is 5.91 Å². The van der Waals surface area contributed by atoms with Crippen LogP contribution in [0.3, 0.4) is 0 Å². The van der Waals surface area contributed by atoms with Crippen LogP contribution < -0.4 is 5.32 Å². The molecule has 1 aliphatic carbocycles. The lowest BCUT2D eigenvalue weighted by Crippen LogP contribution is -2.19. The fourth-order valence-electron chi connectivity index (χ4n) is 1.94. The van der Waals surface area contributed by atoms with Gasteiger partial charge in [-0.2, -0.15) is 0 Å². The molecule has 0 spiro atoms. The number of hydrogen-bond acceptors (Lipinski definition) is 2. The Hall–Kier alpha value is -0.570. The number of amides is 1. The van der Waals surface area contributed by atoms with Gasteiger partial charge >= 0.3 is 0 Å². The van der Waals surface area contributed by atoms with Gasteiger partial charge in [-0.15, -0.1) is 0 Å². The van der Waals surface area contributed by atoms with Crippen molar-refractivity contribution in [3.05, 3.63) is 0 Å². The van der Waals surface area contributed by atoms with Crippen molar-refractivity contribution in [2.24, 2.45) is 5.92 Å². The second kappa shape index (κ2) is 6.82. The Balaban J connectivity index is 1.86. The first-order valence-corrected chi connectivity index (χ1v) is 5.61. The molecule has 3 heteroatoms. The maximum absolute atomic E-state index is 10.8. The van der Waals surface area contributed by atoms with E-state index in [0.717, 1.165) is 12.5 Å². The molecule has 1 aliphatic rings. The molecule has 0 aromatic rings. The third kappa shape index (κ3) is 4.61. The van der Waals surface area contributed by atoms with Gasteiger partial charge in [0.15, 0.2) is 0 Å². The average Bonchev–Trinajstić information content (AvgIpc) is 2.69. The van der Waals surface area contributed by atoms with Crippen molar-refractivity contribution in [1.29, 1.82) is 0 Å². The molecule has 0 saturated heterocycles. The SMILES string of the molecule is CNC(=O)CCOCCC1CCCC1. The predicted molar refractivity (Wildman–Crippen MR) is 56.1 cm³/mol. The van der Waals surface area contributed by atoms with Gasteiger partial charge in [0.2, 0.25) is 5.91 Å². The van der Waals surface area contributed by atoms with Crippen molar-refractivity contribution in [3.63, 3.8) is 0 Å². The molecule has 82 valence electrons. The Labute approximate surface area is 86.2 Å². The molecule has 0 bridgehead atoms. The summed E-state index contributed by atoms with van der Waals surface area (Å²) < 4.78 is 5.41. The van der Waals surface area contributed by atoms with Crippen LogP contribution in [0.25, 0.3) is 0 Å². The highest BCUT2D eigenvalue weighted by atomic mass is 16.5. The summed E-state index contributed by atoms with van der Waals surface area (Å²) in [6, 6.07) is 0. The highest BCUT2D eigenvalue weighted by Gasteiger charge is 2.14.